The Morgan fingerprint density at radius 3 is 2.89 bits per heavy atom. The van der Waals surface area contributed by atoms with Gasteiger partial charge in [-0.1, -0.05) is 17.8 Å². The van der Waals surface area contributed by atoms with Crippen molar-refractivity contribution in [2.45, 2.75) is 24.7 Å². The lowest BCUT2D eigenvalue weighted by Crippen LogP contribution is -2.28. The van der Waals surface area contributed by atoms with Crippen molar-refractivity contribution >= 4 is 17.7 Å². The Bertz CT molecular complexity index is 913. The van der Waals surface area contributed by atoms with Crippen LogP contribution in [-0.4, -0.2) is 33.6 Å². The minimum Gasteiger partial charge on any atom is -0.497 e. The van der Waals surface area contributed by atoms with E-state index in [1.54, 1.807) is 31.6 Å². The van der Waals surface area contributed by atoms with E-state index in [4.69, 9.17) is 19.7 Å². The van der Waals surface area contributed by atoms with Gasteiger partial charge in [-0.05, 0) is 31.2 Å². The number of nitrogens with zero attached hydrogens (tertiary/aromatic N) is 3. The maximum absolute atomic E-state index is 12.1. The van der Waals surface area contributed by atoms with Gasteiger partial charge in [0.05, 0.1) is 25.2 Å². The Hall–Kier alpha value is -3.14. The van der Waals surface area contributed by atoms with Crippen LogP contribution in [0.3, 0.4) is 0 Å². The summed E-state index contributed by atoms with van der Waals surface area (Å²) >= 11 is 1.19. The minimum absolute atomic E-state index is 0.138. The number of rotatable bonds is 9. The lowest BCUT2D eigenvalue weighted by atomic mass is 10.2. The first-order valence-electron chi connectivity index (χ1n) is 8.48. The van der Waals surface area contributed by atoms with Gasteiger partial charge in [0.1, 0.15) is 23.9 Å². The van der Waals surface area contributed by atoms with Crippen LogP contribution < -0.4 is 20.6 Å². The number of amides is 1. The molecule has 0 bridgehead atoms. The van der Waals surface area contributed by atoms with Gasteiger partial charge in [0, 0.05) is 6.07 Å². The van der Waals surface area contributed by atoms with Crippen LogP contribution in [0.2, 0.25) is 0 Å². The van der Waals surface area contributed by atoms with Gasteiger partial charge < -0.3 is 25.1 Å². The number of benzene rings is 1. The molecule has 2 aromatic heterocycles. The van der Waals surface area contributed by atoms with E-state index in [1.165, 1.54) is 16.4 Å². The van der Waals surface area contributed by atoms with Gasteiger partial charge in [-0.15, -0.1) is 10.2 Å². The second kappa shape index (κ2) is 9.18. The van der Waals surface area contributed by atoms with Crippen molar-refractivity contribution in [3.63, 3.8) is 0 Å². The summed E-state index contributed by atoms with van der Waals surface area (Å²) < 4.78 is 17.4. The molecule has 0 aliphatic heterocycles. The lowest BCUT2D eigenvalue weighted by Gasteiger charge is -2.11. The highest BCUT2D eigenvalue weighted by Crippen LogP contribution is 2.21. The van der Waals surface area contributed by atoms with Crippen LogP contribution >= 0.6 is 11.8 Å². The molecule has 28 heavy (non-hydrogen) atoms. The van der Waals surface area contributed by atoms with Crippen LogP contribution in [0.25, 0.3) is 0 Å². The molecule has 148 valence electrons. The lowest BCUT2D eigenvalue weighted by molar-refractivity contribution is -0.119. The Morgan fingerprint density at radius 2 is 2.14 bits per heavy atom. The smallest absolute Gasteiger partial charge is 0.231 e. The number of methoxy groups -OCH3 is 1. The molecule has 0 aliphatic carbocycles. The Kier molecular flexibility index (Phi) is 6.43. The second-order valence-electron chi connectivity index (χ2n) is 5.83. The molecular weight excluding hydrogens is 382 g/mol. The monoisotopic (exact) mass is 403 g/mol. The summed E-state index contributed by atoms with van der Waals surface area (Å²) in [6.45, 7) is 1.99. The molecule has 3 aromatic rings. The number of carbonyl (C=O) groups is 1. The molecule has 1 aromatic carbocycles. The molecule has 10 heteroatoms. The molecule has 0 spiro atoms. The van der Waals surface area contributed by atoms with Crippen molar-refractivity contribution in [1.29, 1.82) is 0 Å². The maximum atomic E-state index is 12.1. The molecule has 0 saturated carbocycles. The number of hydrogen-bond donors (Lipinski definition) is 2. The highest BCUT2D eigenvalue weighted by atomic mass is 32.2. The van der Waals surface area contributed by atoms with Gasteiger partial charge in [-0.2, -0.15) is 0 Å². The fraction of sp³-hybridized carbons (Fsp3) is 0.278. The van der Waals surface area contributed by atoms with Gasteiger partial charge in [-0.25, -0.2) is 4.68 Å². The van der Waals surface area contributed by atoms with E-state index in [0.717, 1.165) is 0 Å². The Morgan fingerprint density at radius 1 is 1.32 bits per heavy atom. The molecule has 0 radical (unpaired) electrons. The first-order valence-corrected chi connectivity index (χ1v) is 9.47. The molecule has 9 nitrogen and oxygen atoms in total. The number of carbonyl (C=O) groups excluding carboxylic acids is 1. The van der Waals surface area contributed by atoms with Crippen LogP contribution in [0.4, 0.5) is 0 Å². The third-order valence-corrected chi connectivity index (χ3v) is 4.77. The highest BCUT2D eigenvalue weighted by Gasteiger charge is 2.15. The number of thioether (sulfide) groups is 1. The SMILES string of the molecule is COc1cccc(OCc2nnc(SCC(=O)N[C@@H](C)c3ccco3)n2N)c1. The summed E-state index contributed by atoms with van der Waals surface area (Å²) in [6.07, 6.45) is 1.57. The van der Waals surface area contributed by atoms with E-state index in [9.17, 15) is 4.79 Å². The standard InChI is InChI=1S/C18H21N5O4S/c1-12(15-7-4-8-26-15)20-17(24)11-28-18-22-21-16(23(18)19)10-27-14-6-3-5-13(9-14)25-2/h3-9,12H,10-11,19H2,1-2H3,(H,20,24)/t12-/m0/s1. The average Bonchev–Trinajstić information content (AvgIpc) is 3.35. The second-order valence-corrected chi connectivity index (χ2v) is 6.77. The van der Waals surface area contributed by atoms with Crippen molar-refractivity contribution in [3.05, 3.63) is 54.2 Å². The Labute approximate surface area is 166 Å². The van der Waals surface area contributed by atoms with Crippen LogP contribution in [-0.2, 0) is 11.4 Å². The number of nitrogens with one attached hydrogen (secondary N) is 1. The fourth-order valence-electron chi connectivity index (χ4n) is 2.36. The van der Waals surface area contributed by atoms with Crippen LogP contribution in [0.1, 0.15) is 24.6 Å². The number of nitrogens with two attached hydrogens (primary N) is 1. The Balaban J connectivity index is 1.50. The predicted molar refractivity (Wildman–Crippen MR) is 103 cm³/mol. The summed E-state index contributed by atoms with van der Waals surface area (Å²) in [4.78, 5) is 12.1. The van der Waals surface area contributed by atoms with Crippen molar-refractivity contribution in [2.24, 2.45) is 0 Å². The topological polar surface area (TPSA) is 117 Å². The number of aromatic nitrogens is 3. The fourth-order valence-corrected chi connectivity index (χ4v) is 3.05. The van der Waals surface area contributed by atoms with E-state index >= 15 is 0 Å². The summed E-state index contributed by atoms with van der Waals surface area (Å²) in [6, 6.07) is 10.6. The summed E-state index contributed by atoms with van der Waals surface area (Å²) in [5.74, 6) is 8.45. The highest BCUT2D eigenvalue weighted by molar-refractivity contribution is 7.99. The first-order chi connectivity index (χ1) is 13.6. The number of hydrogen-bond acceptors (Lipinski definition) is 8. The molecule has 0 saturated heterocycles. The minimum atomic E-state index is -0.217. The molecule has 0 fully saturated rings. The van der Waals surface area contributed by atoms with Crippen molar-refractivity contribution in [3.8, 4) is 11.5 Å². The van der Waals surface area contributed by atoms with Crippen LogP contribution in [0.15, 0.2) is 52.2 Å². The molecule has 2 heterocycles. The number of nitrogen functional groups attached to an aromatic ring is 1. The van der Waals surface area contributed by atoms with Gasteiger partial charge in [0.25, 0.3) is 0 Å². The number of ether oxygens (including phenoxy) is 2. The first kappa shape index (κ1) is 19.6. The zero-order valence-electron chi connectivity index (χ0n) is 15.5. The van der Waals surface area contributed by atoms with E-state index in [-0.39, 0.29) is 24.3 Å². The molecule has 1 atom stereocenters. The average molecular weight is 403 g/mol. The normalized spacial score (nSPS) is 11.8. The summed E-state index contributed by atoms with van der Waals surface area (Å²) in [5.41, 5.74) is 0. The van der Waals surface area contributed by atoms with E-state index < -0.39 is 0 Å². The zero-order chi connectivity index (χ0) is 19.9. The molecule has 1 amide bonds. The molecular formula is C18H21N5O4S. The molecule has 3 rings (SSSR count). The molecule has 3 N–H and O–H groups in total. The van der Waals surface area contributed by atoms with Gasteiger partial charge in [0.2, 0.25) is 11.1 Å². The van der Waals surface area contributed by atoms with Gasteiger partial charge >= 0.3 is 0 Å². The largest absolute Gasteiger partial charge is 0.497 e. The third-order valence-electron chi connectivity index (χ3n) is 3.82. The van der Waals surface area contributed by atoms with Crippen LogP contribution in [0, 0.1) is 0 Å². The van der Waals surface area contributed by atoms with Gasteiger partial charge in [0.15, 0.2) is 5.82 Å². The van der Waals surface area contributed by atoms with Crippen molar-refractivity contribution in [2.75, 3.05) is 18.7 Å². The van der Waals surface area contributed by atoms with E-state index in [2.05, 4.69) is 15.5 Å². The predicted octanol–water partition coefficient (Wildman–Crippen LogP) is 2.14. The summed E-state index contributed by atoms with van der Waals surface area (Å²) in [7, 11) is 1.59. The zero-order valence-corrected chi connectivity index (χ0v) is 16.3. The maximum Gasteiger partial charge on any atom is 0.231 e. The van der Waals surface area contributed by atoms with Crippen molar-refractivity contribution in [1.82, 2.24) is 20.2 Å². The summed E-state index contributed by atoms with van der Waals surface area (Å²) in [5, 5.41) is 11.3. The van der Waals surface area contributed by atoms with E-state index in [0.29, 0.717) is 28.2 Å². The van der Waals surface area contributed by atoms with Crippen molar-refractivity contribution < 1.29 is 18.7 Å². The van der Waals surface area contributed by atoms with Crippen LogP contribution in [0.5, 0.6) is 11.5 Å². The quantitative estimate of drug-likeness (QED) is 0.412. The molecule has 0 unspecified atom stereocenters. The third kappa shape index (κ3) is 4.97. The van der Waals surface area contributed by atoms with Gasteiger partial charge in [-0.3, -0.25) is 4.79 Å². The number of furan rings is 1. The molecule has 0 aliphatic rings. The van der Waals surface area contributed by atoms with E-state index in [1.807, 2.05) is 25.1 Å².